The van der Waals surface area contributed by atoms with Gasteiger partial charge in [0.05, 0.1) is 11.4 Å². The smallest absolute Gasteiger partial charge is 0.0936 e. The molecule has 4 bridgehead atoms. The highest BCUT2D eigenvalue weighted by Gasteiger charge is 2.62. The minimum atomic E-state index is 0.116. The van der Waals surface area contributed by atoms with Crippen LogP contribution in [0.15, 0.2) is 109 Å². The Hall–Kier alpha value is -4.30. The summed E-state index contributed by atoms with van der Waals surface area (Å²) in [6.07, 6.45) is 7.02. The molecule has 1 aromatic heterocycles. The molecule has 1 spiro atoms. The van der Waals surface area contributed by atoms with Crippen molar-refractivity contribution in [1.29, 1.82) is 0 Å². The normalized spacial score (nSPS) is 26.7. The molecule has 2 nitrogen and oxygen atoms in total. The summed E-state index contributed by atoms with van der Waals surface area (Å²) in [7, 11) is 0. The van der Waals surface area contributed by atoms with Crippen LogP contribution < -0.4 is 0 Å². The van der Waals surface area contributed by atoms with E-state index in [2.05, 4.69) is 109 Å². The molecule has 42 heavy (non-hydrogen) atoms. The first-order valence-corrected chi connectivity index (χ1v) is 15.8. The number of benzene rings is 5. The Morgan fingerprint density at radius 3 is 1.90 bits per heavy atom. The molecule has 0 radical (unpaired) electrons. The molecule has 0 N–H and O–H groups in total. The molecular formula is C40H32N2. The van der Waals surface area contributed by atoms with Crippen molar-refractivity contribution in [2.75, 3.05) is 0 Å². The molecule has 5 aromatic carbocycles. The van der Waals surface area contributed by atoms with Gasteiger partial charge in [0.1, 0.15) is 0 Å². The molecule has 202 valence electrons. The fourth-order valence-corrected chi connectivity index (χ4v) is 10.2. The molecule has 0 atom stereocenters. The zero-order valence-electron chi connectivity index (χ0n) is 23.6. The van der Waals surface area contributed by atoms with E-state index in [4.69, 9.17) is 10.2 Å². The van der Waals surface area contributed by atoms with Gasteiger partial charge in [-0.25, -0.2) is 0 Å². The van der Waals surface area contributed by atoms with Gasteiger partial charge in [-0.05, 0) is 118 Å². The lowest BCUT2D eigenvalue weighted by Crippen LogP contribution is -2.55. The number of hydrogen-bond acceptors (Lipinski definition) is 2. The molecule has 5 aliphatic rings. The lowest BCUT2D eigenvalue weighted by atomic mass is 9.43. The Morgan fingerprint density at radius 2 is 1.14 bits per heavy atom. The maximum atomic E-state index is 4.83. The van der Waals surface area contributed by atoms with E-state index in [-0.39, 0.29) is 5.41 Å². The van der Waals surface area contributed by atoms with Crippen molar-refractivity contribution in [3.05, 3.63) is 120 Å². The van der Waals surface area contributed by atoms with Crippen LogP contribution in [0.3, 0.4) is 0 Å². The SMILES string of the molecule is c1ccc2c(-c3ccc(-c4ccc5c(c4)C4(c6c-5ccc5ccccc65)C5CC6CC(C5)CC4C6)nn3)cccc2c1. The summed E-state index contributed by atoms with van der Waals surface area (Å²) in [5.74, 6) is 3.32. The van der Waals surface area contributed by atoms with Crippen molar-refractivity contribution >= 4 is 21.5 Å². The third kappa shape index (κ3) is 3.00. The van der Waals surface area contributed by atoms with Crippen LogP contribution in [0.4, 0.5) is 0 Å². The summed E-state index contributed by atoms with van der Waals surface area (Å²) >= 11 is 0. The van der Waals surface area contributed by atoms with Gasteiger partial charge < -0.3 is 0 Å². The van der Waals surface area contributed by atoms with Gasteiger partial charge in [0.15, 0.2) is 0 Å². The molecule has 0 amide bonds. The first-order chi connectivity index (χ1) is 20.8. The van der Waals surface area contributed by atoms with E-state index >= 15 is 0 Å². The molecule has 5 aliphatic carbocycles. The van der Waals surface area contributed by atoms with Crippen LogP contribution in [0.5, 0.6) is 0 Å². The second kappa shape index (κ2) is 8.38. The molecule has 2 heteroatoms. The summed E-state index contributed by atoms with van der Waals surface area (Å²) in [5, 5.41) is 14.9. The Morgan fingerprint density at radius 1 is 0.500 bits per heavy atom. The largest absolute Gasteiger partial charge is 0.150 e. The Kier molecular flexibility index (Phi) is 4.65. The van der Waals surface area contributed by atoms with E-state index in [1.807, 2.05) is 0 Å². The van der Waals surface area contributed by atoms with E-state index in [9.17, 15) is 0 Å². The summed E-state index contributed by atoms with van der Waals surface area (Å²) in [6.45, 7) is 0. The van der Waals surface area contributed by atoms with E-state index in [0.717, 1.165) is 40.6 Å². The van der Waals surface area contributed by atoms with Gasteiger partial charge in [0.25, 0.3) is 0 Å². The van der Waals surface area contributed by atoms with Crippen molar-refractivity contribution in [3.63, 3.8) is 0 Å². The number of rotatable bonds is 2. The van der Waals surface area contributed by atoms with E-state index < -0.39 is 0 Å². The van der Waals surface area contributed by atoms with Gasteiger partial charge in [-0.3, -0.25) is 0 Å². The van der Waals surface area contributed by atoms with Crippen molar-refractivity contribution < 1.29 is 0 Å². The third-order valence-electron chi connectivity index (χ3n) is 11.5. The summed E-state index contributed by atoms with van der Waals surface area (Å²) < 4.78 is 0. The van der Waals surface area contributed by atoms with Gasteiger partial charge >= 0.3 is 0 Å². The van der Waals surface area contributed by atoms with E-state index in [0.29, 0.717) is 0 Å². The van der Waals surface area contributed by atoms with Gasteiger partial charge in [-0.15, -0.1) is 10.2 Å². The lowest BCUT2D eigenvalue weighted by molar-refractivity contribution is -0.0393. The highest BCUT2D eigenvalue weighted by Crippen LogP contribution is 2.70. The van der Waals surface area contributed by atoms with Crippen LogP contribution in [0.2, 0.25) is 0 Å². The molecular weight excluding hydrogens is 508 g/mol. The second-order valence-electron chi connectivity index (χ2n) is 13.5. The highest BCUT2D eigenvalue weighted by molar-refractivity contribution is 5.99. The fraction of sp³-hybridized carbons (Fsp3) is 0.250. The number of fused-ring (bicyclic) bond motifs is 6. The number of hydrogen-bond donors (Lipinski definition) is 0. The van der Waals surface area contributed by atoms with Crippen LogP contribution in [0, 0.1) is 23.7 Å². The molecule has 0 saturated heterocycles. The van der Waals surface area contributed by atoms with Crippen LogP contribution in [-0.4, -0.2) is 10.2 Å². The van der Waals surface area contributed by atoms with E-state index in [1.165, 1.54) is 70.3 Å². The maximum absolute atomic E-state index is 4.83. The van der Waals surface area contributed by atoms with Gasteiger partial charge in [0.2, 0.25) is 0 Å². The topological polar surface area (TPSA) is 25.8 Å². The average Bonchev–Trinajstić information content (AvgIpc) is 3.34. The Balaban J connectivity index is 1.14. The van der Waals surface area contributed by atoms with Crippen molar-refractivity contribution in [2.24, 2.45) is 23.7 Å². The summed E-state index contributed by atoms with van der Waals surface area (Å²) in [5.41, 5.74) is 10.5. The number of nitrogens with zero attached hydrogens (tertiary/aromatic N) is 2. The third-order valence-corrected chi connectivity index (χ3v) is 11.5. The van der Waals surface area contributed by atoms with Crippen molar-refractivity contribution in [1.82, 2.24) is 10.2 Å². The van der Waals surface area contributed by atoms with Gasteiger partial charge in [-0.2, -0.15) is 0 Å². The first-order valence-electron chi connectivity index (χ1n) is 15.8. The molecule has 4 saturated carbocycles. The summed E-state index contributed by atoms with van der Waals surface area (Å²) in [6, 6.07) is 40.4. The fourth-order valence-electron chi connectivity index (χ4n) is 10.2. The molecule has 6 aromatic rings. The number of aromatic nitrogens is 2. The molecule has 4 fully saturated rings. The zero-order valence-corrected chi connectivity index (χ0v) is 23.6. The molecule has 0 aliphatic heterocycles. The second-order valence-corrected chi connectivity index (χ2v) is 13.5. The predicted molar refractivity (Wildman–Crippen MR) is 171 cm³/mol. The lowest BCUT2D eigenvalue weighted by Gasteiger charge is -2.61. The maximum Gasteiger partial charge on any atom is 0.0936 e. The molecule has 0 unspecified atom stereocenters. The van der Waals surface area contributed by atoms with Gasteiger partial charge in [-0.1, -0.05) is 91.0 Å². The standard InChI is InChI=1S/C40H32N2/c1-3-9-31-26(6-1)8-5-11-34(31)38-17-16-37(41-42-38)28-13-14-33-35-15-12-27-7-2-4-10-32(27)39(35)40(36(33)23-28)29-19-24-18-25(21-29)22-30(40)20-24/h1-17,23-25,29-30H,18-22H2. The zero-order chi connectivity index (χ0) is 27.4. The van der Waals surface area contributed by atoms with Crippen LogP contribution in [0.25, 0.3) is 55.2 Å². The Labute approximate surface area is 246 Å². The quantitative estimate of drug-likeness (QED) is 0.218. The Bertz CT molecular complexity index is 2020. The van der Waals surface area contributed by atoms with Crippen LogP contribution >= 0.6 is 0 Å². The minimum Gasteiger partial charge on any atom is -0.150 e. The van der Waals surface area contributed by atoms with Crippen LogP contribution in [-0.2, 0) is 5.41 Å². The minimum absolute atomic E-state index is 0.116. The average molecular weight is 541 g/mol. The van der Waals surface area contributed by atoms with Crippen LogP contribution in [0.1, 0.15) is 43.2 Å². The first kappa shape index (κ1) is 23.3. The summed E-state index contributed by atoms with van der Waals surface area (Å²) in [4.78, 5) is 0. The molecule has 11 rings (SSSR count). The van der Waals surface area contributed by atoms with Gasteiger partial charge in [0, 0.05) is 16.5 Å². The predicted octanol–water partition coefficient (Wildman–Crippen LogP) is 9.84. The van der Waals surface area contributed by atoms with Crippen molar-refractivity contribution in [2.45, 2.75) is 37.5 Å². The molecule has 1 heterocycles. The monoisotopic (exact) mass is 540 g/mol. The highest BCUT2D eigenvalue weighted by atomic mass is 15.1. The van der Waals surface area contributed by atoms with Crippen molar-refractivity contribution in [3.8, 4) is 33.6 Å². The van der Waals surface area contributed by atoms with E-state index in [1.54, 1.807) is 11.1 Å².